The summed E-state index contributed by atoms with van der Waals surface area (Å²) in [6.45, 7) is 1.98. The molecule has 0 unspecified atom stereocenters. The molecule has 0 saturated heterocycles. The van der Waals surface area contributed by atoms with Gasteiger partial charge in [0.15, 0.2) is 5.13 Å². The van der Waals surface area contributed by atoms with Crippen molar-refractivity contribution in [2.45, 2.75) is 13.3 Å². The van der Waals surface area contributed by atoms with E-state index in [0.717, 1.165) is 33.0 Å². The smallest absolute Gasteiger partial charge is 0.257 e. The topological polar surface area (TPSA) is 83.6 Å². The Balaban J connectivity index is 1.47. The van der Waals surface area contributed by atoms with E-state index in [1.165, 1.54) is 11.3 Å². The van der Waals surface area contributed by atoms with Gasteiger partial charge < -0.3 is 0 Å². The lowest BCUT2D eigenvalue weighted by Crippen LogP contribution is -2.11. The molecule has 1 amide bonds. The Kier molecular flexibility index (Phi) is 4.40. The lowest BCUT2D eigenvalue weighted by atomic mass is 10.1. The van der Waals surface area contributed by atoms with Crippen LogP contribution in [0.25, 0.3) is 11.0 Å². The first kappa shape index (κ1) is 16.7. The Hall–Kier alpha value is -2.77. The Morgan fingerprint density at radius 2 is 2.04 bits per heavy atom. The highest BCUT2D eigenvalue weighted by molar-refractivity contribution is 7.15. The fourth-order valence-corrected chi connectivity index (χ4v) is 3.59. The van der Waals surface area contributed by atoms with Crippen LogP contribution in [0.5, 0.6) is 0 Å². The molecule has 6 nitrogen and oxygen atoms in total. The van der Waals surface area contributed by atoms with Crippen molar-refractivity contribution >= 4 is 45.0 Å². The first-order valence-electron chi connectivity index (χ1n) is 7.90. The molecule has 0 saturated carbocycles. The van der Waals surface area contributed by atoms with E-state index in [1.807, 2.05) is 25.1 Å². The van der Waals surface area contributed by atoms with Gasteiger partial charge in [-0.05, 0) is 42.3 Å². The van der Waals surface area contributed by atoms with Gasteiger partial charge in [0.05, 0.1) is 0 Å². The number of H-pyrrole nitrogens is 1. The molecule has 0 aliphatic rings. The minimum Gasteiger partial charge on any atom is -0.298 e. The zero-order chi connectivity index (χ0) is 18.1. The summed E-state index contributed by atoms with van der Waals surface area (Å²) < 4.78 is 0. The summed E-state index contributed by atoms with van der Waals surface area (Å²) in [5.74, 6) is -0.228. The van der Waals surface area contributed by atoms with Gasteiger partial charge in [-0.3, -0.25) is 10.1 Å². The largest absolute Gasteiger partial charge is 0.298 e. The minimum atomic E-state index is -0.228. The maximum absolute atomic E-state index is 12.4. The molecule has 0 spiro atoms. The minimum absolute atomic E-state index is 0.228. The predicted molar refractivity (Wildman–Crippen MR) is 103 cm³/mol. The zero-order valence-electron chi connectivity index (χ0n) is 13.8. The Labute approximate surface area is 158 Å². The van der Waals surface area contributed by atoms with Gasteiger partial charge in [0, 0.05) is 28.1 Å². The van der Waals surface area contributed by atoms with E-state index in [-0.39, 0.29) is 5.91 Å². The van der Waals surface area contributed by atoms with Gasteiger partial charge >= 0.3 is 0 Å². The van der Waals surface area contributed by atoms with Crippen molar-refractivity contribution in [1.82, 2.24) is 20.4 Å². The molecule has 130 valence electrons. The molecule has 0 aliphatic carbocycles. The molecule has 0 radical (unpaired) electrons. The monoisotopic (exact) mass is 383 g/mol. The molecule has 26 heavy (non-hydrogen) atoms. The van der Waals surface area contributed by atoms with Gasteiger partial charge in [0.1, 0.15) is 11.0 Å². The standard InChI is InChI=1S/C18H14ClN5OS/c1-10-2-3-11(7-14(10)19)6-13-9-20-18(26-13)21-17(25)12-4-5-15-16(8-12)23-24-22-15/h2-5,7-9H,6H2,1H3,(H,20,21,25)(H,22,23,24). The summed E-state index contributed by atoms with van der Waals surface area (Å²) >= 11 is 7.62. The number of aromatic nitrogens is 4. The SMILES string of the molecule is Cc1ccc(Cc2cnc(NC(=O)c3ccc4n[nH]nc4c3)s2)cc1Cl. The molecule has 2 aromatic carbocycles. The molecule has 0 fully saturated rings. The maximum atomic E-state index is 12.4. The van der Waals surface area contributed by atoms with Gasteiger partial charge in [0.25, 0.3) is 5.91 Å². The maximum Gasteiger partial charge on any atom is 0.257 e. The van der Waals surface area contributed by atoms with Crippen LogP contribution < -0.4 is 5.32 Å². The summed E-state index contributed by atoms with van der Waals surface area (Å²) in [6, 6.07) is 11.2. The number of hydrogen-bond donors (Lipinski definition) is 2. The molecule has 2 aromatic heterocycles. The lowest BCUT2D eigenvalue weighted by Gasteiger charge is -2.02. The highest BCUT2D eigenvalue weighted by Gasteiger charge is 2.11. The van der Waals surface area contributed by atoms with Crippen LogP contribution in [0, 0.1) is 6.92 Å². The number of aromatic amines is 1. The van der Waals surface area contributed by atoms with Crippen LogP contribution in [0.15, 0.2) is 42.6 Å². The number of nitrogens with one attached hydrogen (secondary N) is 2. The number of benzene rings is 2. The molecule has 2 heterocycles. The number of carbonyl (C=O) groups excluding carboxylic acids is 1. The van der Waals surface area contributed by atoms with Crippen LogP contribution >= 0.6 is 22.9 Å². The summed E-state index contributed by atoms with van der Waals surface area (Å²) in [4.78, 5) is 17.7. The number of hydrogen-bond acceptors (Lipinski definition) is 5. The molecule has 4 aromatic rings. The average Bonchev–Trinajstić information content (AvgIpc) is 3.26. The second-order valence-electron chi connectivity index (χ2n) is 5.87. The van der Waals surface area contributed by atoms with Gasteiger partial charge in [-0.25, -0.2) is 4.98 Å². The van der Waals surface area contributed by atoms with Crippen molar-refractivity contribution in [3.8, 4) is 0 Å². The molecule has 8 heteroatoms. The summed E-state index contributed by atoms with van der Waals surface area (Å²) in [7, 11) is 0. The Morgan fingerprint density at radius 3 is 2.88 bits per heavy atom. The number of amides is 1. The van der Waals surface area contributed by atoms with Crippen LogP contribution in [0.4, 0.5) is 5.13 Å². The molecule has 0 bridgehead atoms. The third kappa shape index (κ3) is 3.44. The third-order valence-electron chi connectivity index (χ3n) is 3.97. The fraction of sp³-hybridized carbons (Fsp3) is 0.111. The fourth-order valence-electron chi connectivity index (χ4n) is 2.55. The van der Waals surface area contributed by atoms with E-state index in [1.54, 1.807) is 24.4 Å². The van der Waals surface area contributed by atoms with Gasteiger partial charge in [-0.1, -0.05) is 23.7 Å². The highest BCUT2D eigenvalue weighted by Crippen LogP contribution is 2.24. The highest BCUT2D eigenvalue weighted by atomic mass is 35.5. The number of anilines is 1. The number of aryl methyl sites for hydroxylation is 1. The predicted octanol–water partition coefficient (Wildman–Crippen LogP) is 4.22. The van der Waals surface area contributed by atoms with E-state index < -0.39 is 0 Å². The summed E-state index contributed by atoms with van der Waals surface area (Å²) in [5, 5.41) is 14.6. The molecule has 2 N–H and O–H groups in total. The van der Waals surface area contributed by atoms with Gasteiger partial charge in [-0.2, -0.15) is 15.4 Å². The number of thiazole rings is 1. The number of nitrogens with zero attached hydrogens (tertiary/aromatic N) is 3. The van der Waals surface area contributed by atoms with Crippen molar-refractivity contribution < 1.29 is 4.79 Å². The zero-order valence-corrected chi connectivity index (χ0v) is 15.4. The number of fused-ring (bicyclic) bond motifs is 1. The Morgan fingerprint density at radius 1 is 1.19 bits per heavy atom. The molecule has 0 aliphatic heterocycles. The van der Waals surface area contributed by atoms with Crippen LogP contribution in [0.3, 0.4) is 0 Å². The summed E-state index contributed by atoms with van der Waals surface area (Å²) in [6.07, 6.45) is 2.49. The van der Waals surface area contributed by atoms with E-state index >= 15 is 0 Å². The van der Waals surface area contributed by atoms with Crippen LogP contribution in [-0.4, -0.2) is 26.3 Å². The van der Waals surface area contributed by atoms with Crippen LogP contribution in [0.1, 0.15) is 26.4 Å². The quantitative estimate of drug-likeness (QED) is 0.552. The average molecular weight is 384 g/mol. The van der Waals surface area contributed by atoms with E-state index in [9.17, 15) is 4.79 Å². The van der Waals surface area contributed by atoms with Gasteiger partial charge in [0.2, 0.25) is 0 Å². The van der Waals surface area contributed by atoms with E-state index in [2.05, 4.69) is 25.7 Å². The molecule has 4 rings (SSSR count). The van der Waals surface area contributed by atoms with Crippen molar-refractivity contribution in [1.29, 1.82) is 0 Å². The van der Waals surface area contributed by atoms with Crippen molar-refractivity contribution in [2.75, 3.05) is 5.32 Å². The van der Waals surface area contributed by atoms with E-state index in [0.29, 0.717) is 16.2 Å². The molecule has 0 atom stereocenters. The van der Waals surface area contributed by atoms with Gasteiger partial charge in [-0.15, -0.1) is 11.3 Å². The van der Waals surface area contributed by atoms with Crippen LogP contribution in [-0.2, 0) is 6.42 Å². The third-order valence-corrected chi connectivity index (χ3v) is 5.29. The first-order chi connectivity index (χ1) is 12.6. The number of rotatable bonds is 4. The lowest BCUT2D eigenvalue weighted by molar-refractivity contribution is 0.102. The van der Waals surface area contributed by atoms with Crippen molar-refractivity contribution in [3.63, 3.8) is 0 Å². The Bertz CT molecular complexity index is 1100. The second-order valence-corrected chi connectivity index (χ2v) is 7.40. The molecular weight excluding hydrogens is 370 g/mol. The first-order valence-corrected chi connectivity index (χ1v) is 9.09. The van der Waals surface area contributed by atoms with Crippen LogP contribution in [0.2, 0.25) is 5.02 Å². The van der Waals surface area contributed by atoms with Crippen molar-refractivity contribution in [2.24, 2.45) is 0 Å². The molecular formula is C18H14ClN5OS. The van der Waals surface area contributed by atoms with E-state index in [4.69, 9.17) is 11.6 Å². The summed E-state index contributed by atoms with van der Waals surface area (Å²) in [5.41, 5.74) is 4.03. The normalized spacial score (nSPS) is 11.0. The van der Waals surface area contributed by atoms with Crippen molar-refractivity contribution in [3.05, 3.63) is 69.2 Å². The number of halogens is 1. The number of carbonyl (C=O) groups is 1. The second kappa shape index (κ2) is 6.86.